The molecule has 0 aliphatic carbocycles. The third-order valence-electron chi connectivity index (χ3n) is 5.92. The number of nitrogens with one attached hydrogen (secondary N) is 3. The molecule has 0 saturated carbocycles. The molecule has 2 aromatic rings. The number of nitro benzene ring substituents is 1. The third-order valence-corrected chi connectivity index (χ3v) is 5.92. The fourth-order valence-corrected chi connectivity index (χ4v) is 3.90. The van der Waals surface area contributed by atoms with Gasteiger partial charge in [-0.2, -0.15) is 0 Å². The maximum atomic E-state index is 12.2. The van der Waals surface area contributed by atoms with Gasteiger partial charge in [0.1, 0.15) is 5.75 Å². The van der Waals surface area contributed by atoms with Crippen molar-refractivity contribution in [2.45, 2.75) is 6.42 Å². The van der Waals surface area contributed by atoms with Crippen LogP contribution in [0.2, 0.25) is 0 Å². The number of carbonyl (C=O) groups is 2. The Hall–Kier alpha value is -4.63. The molecule has 40 heavy (non-hydrogen) atoms. The number of morpholine rings is 1. The first-order valence-corrected chi connectivity index (χ1v) is 12.5. The van der Waals surface area contributed by atoms with Gasteiger partial charge in [-0.3, -0.25) is 34.7 Å². The number of nitro groups is 2. The predicted octanol–water partition coefficient (Wildman–Crippen LogP) is 2.25. The summed E-state index contributed by atoms with van der Waals surface area (Å²) in [5.41, 5.74) is -0.342. The number of carbonyl (C=O) groups excluding carboxylic acids is 2. The molecule has 0 radical (unpaired) electrons. The Morgan fingerprint density at radius 2 is 1.80 bits per heavy atom. The number of ether oxygens (including phenoxy) is 2. The number of nitrogens with zero attached hydrogens (tertiary/aromatic N) is 4. The molecule has 3 N–H and O–H groups in total. The summed E-state index contributed by atoms with van der Waals surface area (Å²) in [6, 6.07) is 3.76. The molecule has 0 bridgehead atoms. The van der Waals surface area contributed by atoms with Gasteiger partial charge in [0.15, 0.2) is 12.0 Å². The van der Waals surface area contributed by atoms with E-state index in [-0.39, 0.29) is 59.5 Å². The number of amides is 1. The van der Waals surface area contributed by atoms with Crippen LogP contribution in [0.15, 0.2) is 36.5 Å². The fraction of sp³-hybridized carbons (Fsp3) is 0.400. The number of anilines is 2. The van der Waals surface area contributed by atoms with Crippen LogP contribution in [0.25, 0.3) is 0 Å². The zero-order valence-corrected chi connectivity index (χ0v) is 22.0. The Balaban J connectivity index is 1.66. The van der Waals surface area contributed by atoms with Gasteiger partial charge in [-0.15, -0.1) is 0 Å². The summed E-state index contributed by atoms with van der Waals surface area (Å²) >= 11 is 0. The third kappa shape index (κ3) is 8.44. The van der Waals surface area contributed by atoms with Gasteiger partial charge in [0.2, 0.25) is 5.82 Å². The van der Waals surface area contributed by atoms with Crippen LogP contribution < -0.4 is 20.7 Å². The molecule has 1 fully saturated rings. The summed E-state index contributed by atoms with van der Waals surface area (Å²) < 4.78 is 11.3. The van der Waals surface area contributed by atoms with Crippen LogP contribution in [-0.2, 0) is 4.74 Å². The molecule has 15 heteroatoms. The first kappa shape index (κ1) is 29.9. The van der Waals surface area contributed by atoms with Gasteiger partial charge < -0.3 is 25.4 Å². The molecule has 1 amide bonds. The number of hydrogen-bond donors (Lipinski definition) is 3. The van der Waals surface area contributed by atoms with E-state index in [1.54, 1.807) is 12.2 Å². The second-order valence-electron chi connectivity index (χ2n) is 8.61. The van der Waals surface area contributed by atoms with Crippen molar-refractivity contribution < 1.29 is 28.9 Å². The van der Waals surface area contributed by atoms with Gasteiger partial charge in [-0.25, -0.2) is 4.98 Å². The number of aldehydes is 1. The first-order valence-electron chi connectivity index (χ1n) is 12.5. The molecule has 1 aromatic carbocycles. The van der Waals surface area contributed by atoms with Crippen LogP contribution in [0.5, 0.6) is 5.75 Å². The van der Waals surface area contributed by atoms with Crippen molar-refractivity contribution in [2.75, 3.05) is 70.2 Å². The highest BCUT2D eigenvalue weighted by atomic mass is 16.6. The van der Waals surface area contributed by atoms with E-state index in [0.717, 1.165) is 25.7 Å². The molecule has 15 nitrogen and oxygen atoms in total. The summed E-state index contributed by atoms with van der Waals surface area (Å²) in [5.74, 6) is -0.305. The van der Waals surface area contributed by atoms with E-state index in [1.165, 1.54) is 25.4 Å². The lowest BCUT2D eigenvalue weighted by Crippen LogP contribution is -2.37. The van der Waals surface area contributed by atoms with Gasteiger partial charge in [0.25, 0.3) is 11.6 Å². The van der Waals surface area contributed by atoms with Crippen LogP contribution in [0, 0.1) is 20.2 Å². The standard InChI is InChI=1S/C25H31N7O8/c1-26-25(34)19-14-20(31(35)36)23(22(15-19)40-10-4-7-30-8-11-39-12-9-30)27-5-2-3-6-28-24-21(32(37)38)13-18(17-33)16-29-24/h2-3,13-17,27H,4-12H2,1H3,(H,26,34)(H,28,29)/b3-2+. The molecule has 214 valence electrons. The first-order chi connectivity index (χ1) is 19.3. The SMILES string of the molecule is CNC(=O)c1cc(OCCCN2CCOCC2)c(NC/C=C/CNc2ncc(C=O)cc2[N+](=O)[O-])c([N+](=O)[O-])c1. The molecule has 1 aliphatic rings. The Morgan fingerprint density at radius 1 is 1.10 bits per heavy atom. The van der Waals surface area contributed by atoms with Crippen LogP contribution in [0.1, 0.15) is 27.1 Å². The number of benzene rings is 1. The molecule has 1 aliphatic heterocycles. The van der Waals surface area contributed by atoms with E-state index in [4.69, 9.17) is 9.47 Å². The van der Waals surface area contributed by atoms with Gasteiger partial charge in [0, 0.05) is 69.2 Å². The Kier molecular flexibility index (Phi) is 11.3. The van der Waals surface area contributed by atoms with Crippen molar-refractivity contribution in [3.05, 3.63) is 67.9 Å². The van der Waals surface area contributed by atoms with Crippen LogP contribution >= 0.6 is 0 Å². The Bertz CT molecular complexity index is 1250. The average Bonchev–Trinajstić information content (AvgIpc) is 2.97. The number of hydrogen-bond acceptors (Lipinski definition) is 12. The molecule has 0 atom stereocenters. The van der Waals surface area contributed by atoms with E-state index in [1.807, 2.05) is 0 Å². The molecule has 0 spiro atoms. The van der Waals surface area contributed by atoms with Crippen LogP contribution in [-0.4, -0.2) is 91.5 Å². The Morgan fingerprint density at radius 3 is 2.45 bits per heavy atom. The van der Waals surface area contributed by atoms with Crippen LogP contribution in [0.3, 0.4) is 0 Å². The molecular formula is C25H31N7O8. The van der Waals surface area contributed by atoms with Crippen molar-refractivity contribution in [3.63, 3.8) is 0 Å². The molecule has 1 aromatic heterocycles. The molecular weight excluding hydrogens is 526 g/mol. The van der Waals surface area contributed by atoms with Crippen molar-refractivity contribution in [1.29, 1.82) is 0 Å². The summed E-state index contributed by atoms with van der Waals surface area (Å²) in [6.07, 6.45) is 5.68. The monoisotopic (exact) mass is 557 g/mol. The van der Waals surface area contributed by atoms with Gasteiger partial charge in [-0.1, -0.05) is 12.2 Å². The summed E-state index contributed by atoms with van der Waals surface area (Å²) in [6.45, 7) is 4.41. The van der Waals surface area contributed by atoms with Crippen LogP contribution in [0.4, 0.5) is 22.9 Å². The van der Waals surface area contributed by atoms with Crippen molar-refractivity contribution >= 4 is 35.1 Å². The van der Waals surface area contributed by atoms with Crippen molar-refractivity contribution in [2.24, 2.45) is 0 Å². The normalized spacial score (nSPS) is 13.5. The van der Waals surface area contributed by atoms with E-state index in [0.29, 0.717) is 25.9 Å². The molecule has 0 unspecified atom stereocenters. The Labute approximate surface area is 229 Å². The lowest BCUT2D eigenvalue weighted by Gasteiger charge is -2.26. The van der Waals surface area contributed by atoms with E-state index < -0.39 is 15.8 Å². The highest BCUT2D eigenvalue weighted by molar-refractivity contribution is 5.96. The zero-order valence-electron chi connectivity index (χ0n) is 22.0. The zero-order chi connectivity index (χ0) is 28.9. The minimum absolute atomic E-state index is 0.00130. The van der Waals surface area contributed by atoms with Crippen molar-refractivity contribution in [1.82, 2.24) is 15.2 Å². The van der Waals surface area contributed by atoms with Gasteiger partial charge in [-0.05, 0) is 12.5 Å². The van der Waals surface area contributed by atoms with Gasteiger partial charge >= 0.3 is 5.69 Å². The number of aromatic nitrogens is 1. The summed E-state index contributed by atoms with van der Waals surface area (Å²) in [7, 11) is 1.43. The minimum Gasteiger partial charge on any atom is -0.491 e. The fourth-order valence-electron chi connectivity index (χ4n) is 3.90. The molecule has 1 saturated heterocycles. The lowest BCUT2D eigenvalue weighted by atomic mass is 10.1. The quantitative estimate of drug-likeness (QED) is 0.0953. The predicted molar refractivity (Wildman–Crippen MR) is 146 cm³/mol. The summed E-state index contributed by atoms with van der Waals surface area (Å²) in [5, 5.41) is 31.3. The van der Waals surface area contributed by atoms with E-state index >= 15 is 0 Å². The van der Waals surface area contributed by atoms with E-state index in [9.17, 15) is 29.8 Å². The van der Waals surface area contributed by atoms with Crippen molar-refractivity contribution in [3.8, 4) is 5.75 Å². The number of rotatable bonds is 15. The lowest BCUT2D eigenvalue weighted by molar-refractivity contribution is -0.384. The van der Waals surface area contributed by atoms with Gasteiger partial charge in [0.05, 0.1) is 29.7 Å². The maximum Gasteiger partial charge on any atom is 0.312 e. The smallest absolute Gasteiger partial charge is 0.312 e. The average molecular weight is 558 g/mol. The topological polar surface area (TPSA) is 191 Å². The summed E-state index contributed by atoms with van der Waals surface area (Å²) in [4.78, 5) is 51.1. The highest BCUT2D eigenvalue weighted by Crippen LogP contribution is 2.36. The highest BCUT2D eigenvalue weighted by Gasteiger charge is 2.23. The minimum atomic E-state index is -0.641. The molecule has 3 rings (SSSR count). The maximum absolute atomic E-state index is 12.2. The second kappa shape index (κ2) is 15.1. The largest absolute Gasteiger partial charge is 0.491 e. The second-order valence-corrected chi connectivity index (χ2v) is 8.61. The molecule has 2 heterocycles. The number of pyridine rings is 1. The van der Waals surface area contributed by atoms with E-state index in [2.05, 4.69) is 25.8 Å².